The van der Waals surface area contributed by atoms with Crippen LogP contribution in [0.1, 0.15) is 30.5 Å². The molecule has 0 atom stereocenters. The molecule has 0 aliphatic carbocycles. The van der Waals surface area contributed by atoms with Crippen LogP contribution in [0.25, 0.3) is 0 Å². The normalized spacial score (nSPS) is 15.1. The number of halogens is 1. The summed E-state index contributed by atoms with van der Waals surface area (Å²) >= 11 is 5.67. The summed E-state index contributed by atoms with van der Waals surface area (Å²) in [5.74, 6) is 2.81. The maximum absolute atomic E-state index is 11.9. The van der Waals surface area contributed by atoms with E-state index >= 15 is 0 Å². The highest BCUT2D eigenvalue weighted by Crippen LogP contribution is 2.23. The van der Waals surface area contributed by atoms with Crippen LogP contribution in [0.4, 0.5) is 11.6 Å². The number of aromatic nitrogens is 2. The number of nitrogens with one attached hydrogen (secondary N) is 1. The number of amides is 1. The minimum atomic E-state index is 0.180. The van der Waals surface area contributed by atoms with E-state index in [1.807, 2.05) is 36.2 Å². The number of pyridine rings is 2. The van der Waals surface area contributed by atoms with Crippen molar-refractivity contribution >= 4 is 29.1 Å². The van der Waals surface area contributed by atoms with E-state index in [0.717, 1.165) is 49.7 Å². The van der Waals surface area contributed by atoms with Gasteiger partial charge in [-0.2, -0.15) is 0 Å². The molecule has 0 aromatic carbocycles. The monoisotopic (exact) mass is 372 g/mol. The predicted molar refractivity (Wildman–Crippen MR) is 105 cm³/mol. The highest BCUT2D eigenvalue weighted by Gasteiger charge is 2.22. The fraction of sp³-hybridized carbons (Fsp3) is 0.450. The van der Waals surface area contributed by atoms with Crippen molar-refractivity contribution in [1.29, 1.82) is 0 Å². The third-order valence-electron chi connectivity index (χ3n) is 4.77. The van der Waals surface area contributed by atoms with Gasteiger partial charge in [0.05, 0.1) is 0 Å². The van der Waals surface area contributed by atoms with Crippen LogP contribution in [-0.4, -0.2) is 39.7 Å². The molecule has 138 valence electrons. The van der Waals surface area contributed by atoms with Crippen molar-refractivity contribution in [3.63, 3.8) is 0 Å². The van der Waals surface area contributed by atoms with Crippen LogP contribution in [0.15, 0.2) is 36.5 Å². The molecular formula is C20H25ClN4O. The topological polar surface area (TPSA) is 58.1 Å². The molecule has 0 bridgehead atoms. The van der Waals surface area contributed by atoms with Crippen LogP contribution in [-0.2, 0) is 11.2 Å². The lowest BCUT2D eigenvalue weighted by Gasteiger charge is -2.32. The molecule has 0 unspecified atom stereocenters. The van der Waals surface area contributed by atoms with Crippen molar-refractivity contribution in [3.8, 4) is 0 Å². The summed E-state index contributed by atoms with van der Waals surface area (Å²) in [5.41, 5.74) is 2.24. The third-order valence-corrected chi connectivity index (χ3v) is 4.96. The van der Waals surface area contributed by atoms with Crippen molar-refractivity contribution in [2.45, 2.75) is 32.6 Å². The van der Waals surface area contributed by atoms with Crippen LogP contribution < -0.4 is 5.32 Å². The first-order chi connectivity index (χ1) is 12.6. The number of alkyl halides is 1. The van der Waals surface area contributed by atoms with Gasteiger partial charge in [-0.3, -0.25) is 4.79 Å². The molecule has 26 heavy (non-hydrogen) atoms. The van der Waals surface area contributed by atoms with Crippen LogP contribution in [0.3, 0.4) is 0 Å². The van der Waals surface area contributed by atoms with Gasteiger partial charge < -0.3 is 10.2 Å². The summed E-state index contributed by atoms with van der Waals surface area (Å²) in [4.78, 5) is 22.7. The van der Waals surface area contributed by atoms with Gasteiger partial charge >= 0.3 is 0 Å². The number of piperidine rings is 1. The second-order valence-electron chi connectivity index (χ2n) is 6.81. The second-order valence-corrected chi connectivity index (χ2v) is 7.18. The summed E-state index contributed by atoms with van der Waals surface area (Å²) in [6, 6.07) is 10.1. The molecule has 1 saturated heterocycles. The van der Waals surface area contributed by atoms with Crippen molar-refractivity contribution in [2.75, 3.05) is 24.3 Å². The molecule has 5 nitrogen and oxygen atoms in total. The fourth-order valence-corrected chi connectivity index (χ4v) is 3.53. The number of aryl methyl sites for hydroxylation is 1. The molecule has 0 radical (unpaired) electrons. The molecule has 3 rings (SSSR count). The van der Waals surface area contributed by atoms with E-state index in [0.29, 0.717) is 18.2 Å². The van der Waals surface area contributed by atoms with E-state index < -0.39 is 0 Å². The minimum Gasteiger partial charge on any atom is -0.343 e. The molecule has 6 heteroatoms. The Morgan fingerprint density at radius 2 is 2.08 bits per heavy atom. The van der Waals surface area contributed by atoms with Gasteiger partial charge in [-0.05, 0) is 61.9 Å². The number of rotatable bonds is 6. The second kappa shape index (κ2) is 8.99. The minimum absolute atomic E-state index is 0.180. The lowest BCUT2D eigenvalue weighted by atomic mass is 9.90. The van der Waals surface area contributed by atoms with Crippen molar-refractivity contribution in [1.82, 2.24) is 14.9 Å². The van der Waals surface area contributed by atoms with Crippen LogP contribution >= 0.6 is 11.6 Å². The quantitative estimate of drug-likeness (QED) is 0.780. The highest BCUT2D eigenvalue weighted by atomic mass is 35.5. The summed E-state index contributed by atoms with van der Waals surface area (Å²) in [6.45, 7) is 3.65. The van der Waals surface area contributed by atoms with Gasteiger partial charge in [-0.1, -0.05) is 6.07 Å². The first kappa shape index (κ1) is 18.6. The standard InChI is InChI=1S/C20H25ClN4O/c1-15-3-2-4-18(23-15)24-19-14-17(6-10-22-19)13-16-7-11-25(12-8-16)20(26)5-9-21/h2-4,6,10,14,16H,5,7-9,11-13H2,1H3,(H,22,23,24). The lowest BCUT2D eigenvalue weighted by molar-refractivity contribution is -0.132. The Morgan fingerprint density at radius 1 is 1.27 bits per heavy atom. The van der Waals surface area contributed by atoms with Crippen molar-refractivity contribution in [3.05, 3.63) is 47.8 Å². The van der Waals surface area contributed by atoms with Crippen molar-refractivity contribution < 1.29 is 4.79 Å². The molecule has 3 heterocycles. The Balaban J connectivity index is 1.55. The molecule has 1 amide bonds. The van der Waals surface area contributed by atoms with Gasteiger partial charge in [0, 0.05) is 37.3 Å². The Labute approximate surface area is 159 Å². The maximum Gasteiger partial charge on any atom is 0.223 e. The number of likely N-dealkylation sites (tertiary alicyclic amines) is 1. The van der Waals surface area contributed by atoms with E-state index in [2.05, 4.69) is 27.4 Å². The SMILES string of the molecule is Cc1cccc(Nc2cc(CC3CCN(C(=O)CCCl)CC3)ccn2)n1. The molecule has 0 spiro atoms. The highest BCUT2D eigenvalue weighted by molar-refractivity contribution is 6.18. The summed E-state index contributed by atoms with van der Waals surface area (Å²) in [6.07, 6.45) is 5.37. The van der Waals surface area contributed by atoms with Gasteiger partial charge in [0.25, 0.3) is 0 Å². The number of anilines is 2. The number of nitrogens with zero attached hydrogens (tertiary/aromatic N) is 3. The molecule has 2 aromatic rings. The maximum atomic E-state index is 11.9. The Bertz CT molecular complexity index is 744. The largest absolute Gasteiger partial charge is 0.343 e. The molecular weight excluding hydrogens is 348 g/mol. The molecule has 1 aliphatic rings. The molecule has 0 saturated carbocycles. The van der Waals surface area contributed by atoms with E-state index in [1.54, 1.807) is 0 Å². The average molecular weight is 373 g/mol. The van der Waals surface area contributed by atoms with Crippen LogP contribution in [0.2, 0.25) is 0 Å². The first-order valence-corrected chi connectivity index (χ1v) is 9.67. The molecule has 1 fully saturated rings. The zero-order valence-corrected chi connectivity index (χ0v) is 15.9. The van der Waals surface area contributed by atoms with Gasteiger partial charge in [0.2, 0.25) is 5.91 Å². The zero-order chi connectivity index (χ0) is 18.4. The smallest absolute Gasteiger partial charge is 0.223 e. The summed E-state index contributed by atoms with van der Waals surface area (Å²) in [7, 11) is 0. The van der Waals surface area contributed by atoms with Gasteiger partial charge in [-0.15, -0.1) is 11.6 Å². The van der Waals surface area contributed by atoms with Crippen LogP contribution in [0.5, 0.6) is 0 Å². The van der Waals surface area contributed by atoms with Gasteiger partial charge in [0.1, 0.15) is 11.6 Å². The summed E-state index contributed by atoms with van der Waals surface area (Å²) < 4.78 is 0. The Kier molecular flexibility index (Phi) is 6.45. The Morgan fingerprint density at radius 3 is 2.81 bits per heavy atom. The number of hydrogen-bond donors (Lipinski definition) is 1. The first-order valence-electron chi connectivity index (χ1n) is 9.13. The third kappa shape index (κ3) is 5.18. The lowest BCUT2D eigenvalue weighted by Crippen LogP contribution is -2.39. The predicted octanol–water partition coefficient (Wildman–Crippen LogP) is 3.94. The number of carbonyl (C=O) groups is 1. The molecule has 1 N–H and O–H groups in total. The zero-order valence-electron chi connectivity index (χ0n) is 15.1. The fourth-order valence-electron chi connectivity index (χ4n) is 3.37. The number of hydrogen-bond acceptors (Lipinski definition) is 4. The van der Waals surface area contributed by atoms with Crippen molar-refractivity contribution in [2.24, 2.45) is 5.92 Å². The Hall–Kier alpha value is -2.14. The van der Waals surface area contributed by atoms with Gasteiger partial charge in [-0.25, -0.2) is 9.97 Å². The molecule has 1 aliphatic heterocycles. The van der Waals surface area contributed by atoms with Gasteiger partial charge in [0.15, 0.2) is 0 Å². The van der Waals surface area contributed by atoms with E-state index in [-0.39, 0.29) is 5.91 Å². The van der Waals surface area contributed by atoms with E-state index in [1.165, 1.54) is 5.56 Å². The van der Waals surface area contributed by atoms with E-state index in [4.69, 9.17) is 11.6 Å². The summed E-state index contributed by atoms with van der Waals surface area (Å²) in [5, 5.41) is 3.27. The van der Waals surface area contributed by atoms with E-state index in [9.17, 15) is 4.79 Å². The van der Waals surface area contributed by atoms with Crippen LogP contribution in [0, 0.1) is 12.8 Å². The molecule has 2 aromatic heterocycles. The number of carbonyl (C=O) groups excluding carboxylic acids is 1. The average Bonchev–Trinajstić information content (AvgIpc) is 2.63.